The highest BCUT2D eigenvalue weighted by Crippen LogP contribution is 2.38. The molecule has 0 spiro atoms. The van der Waals surface area contributed by atoms with Crippen molar-refractivity contribution in [3.05, 3.63) is 53.8 Å². The Hall–Kier alpha value is -2.08. The lowest BCUT2D eigenvalue weighted by Crippen LogP contribution is -2.43. The molecule has 1 aliphatic heterocycles. The summed E-state index contributed by atoms with van der Waals surface area (Å²) in [5.41, 5.74) is 0.0951. The molecule has 1 saturated heterocycles. The Morgan fingerprint density at radius 3 is 2.35 bits per heavy atom. The summed E-state index contributed by atoms with van der Waals surface area (Å²) in [6.07, 6.45) is -4.47. The van der Waals surface area contributed by atoms with E-state index in [0.29, 0.717) is 18.8 Å². The van der Waals surface area contributed by atoms with E-state index < -0.39 is 17.6 Å². The first-order valence-electron chi connectivity index (χ1n) is 7.38. The van der Waals surface area contributed by atoms with Crippen LogP contribution in [0.3, 0.4) is 0 Å². The van der Waals surface area contributed by atoms with Gasteiger partial charge in [-0.1, -0.05) is 18.2 Å². The summed E-state index contributed by atoms with van der Waals surface area (Å²) >= 11 is 0. The number of hydrogen-bond donors (Lipinski definition) is 1. The Bertz CT molecular complexity index is 691. The van der Waals surface area contributed by atoms with Gasteiger partial charge in [0.15, 0.2) is 0 Å². The van der Waals surface area contributed by atoms with Gasteiger partial charge in [-0.3, -0.25) is 0 Å². The second kappa shape index (κ2) is 6.20. The molecule has 1 aliphatic rings. The van der Waals surface area contributed by atoms with E-state index in [-0.39, 0.29) is 11.1 Å². The summed E-state index contributed by atoms with van der Waals surface area (Å²) in [7, 11) is 0. The quantitative estimate of drug-likeness (QED) is 0.842. The first kappa shape index (κ1) is 15.8. The molecule has 0 amide bonds. The van der Waals surface area contributed by atoms with Crippen LogP contribution in [0.15, 0.2) is 42.5 Å². The summed E-state index contributed by atoms with van der Waals surface area (Å²) in [6, 6.07) is 9.40. The number of piperazine rings is 1. The molecule has 0 atom stereocenters. The van der Waals surface area contributed by atoms with Crippen LogP contribution < -0.4 is 10.2 Å². The third-order valence-corrected chi connectivity index (χ3v) is 3.91. The lowest BCUT2D eigenvalue weighted by atomic mass is 9.98. The highest BCUT2D eigenvalue weighted by Gasteiger charge is 2.33. The summed E-state index contributed by atoms with van der Waals surface area (Å²) in [5.74, 6) is -0.534. The highest BCUT2D eigenvalue weighted by molar-refractivity contribution is 5.72. The zero-order valence-electron chi connectivity index (χ0n) is 12.3. The number of halogens is 4. The van der Waals surface area contributed by atoms with Gasteiger partial charge in [-0.2, -0.15) is 13.2 Å². The van der Waals surface area contributed by atoms with Gasteiger partial charge < -0.3 is 10.2 Å². The average Bonchev–Trinajstić information content (AvgIpc) is 2.54. The molecule has 0 saturated carbocycles. The van der Waals surface area contributed by atoms with E-state index in [4.69, 9.17) is 0 Å². The number of anilines is 1. The molecular formula is C17H16F4N2. The molecule has 0 unspecified atom stereocenters. The van der Waals surface area contributed by atoms with E-state index in [1.165, 1.54) is 24.3 Å². The molecule has 0 radical (unpaired) electrons. The number of benzene rings is 2. The van der Waals surface area contributed by atoms with Crippen molar-refractivity contribution in [1.29, 1.82) is 0 Å². The van der Waals surface area contributed by atoms with Crippen molar-refractivity contribution in [2.24, 2.45) is 0 Å². The van der Waals surface area contributed by atoms with Crippen LogP contribution in [0.2, 0.25) is 0 Å². The second-order valence-corrected chi connectivity index (χ2v) is 5.48. The van der Waals surface area contributed by atoms with Crippen molar-refractivity contribution >= 4 is 5.69 Å². The number of nitrogens with one attached hydrogen (secondary N) is 1. The molecule has 0 aromatic heterocycles. The van der Waals surface area contributed by atoms with E-state index >= 15 is 0 Å². The molecule has 0 bridgehead atoms. The van der Waals surface area contributed by atoms with Crippen LogP contribution in [-0.2, 0) is 6.18 Å². The normalized spacial score (nSPS) is 15.7. The fraction of sp³-hybridized carbons (Fsp3) is 0.294. The maximum atomic E-state index is 14.0. The fourth-order valence-corrected chi connectivity index (χ4v) is 2.82. The first-order chi connectivity index (χ1) is 10.9. The van der Waals surface area contributed by atoms with E-state index in [0.717, 1.165) is 25.2 Å². The monoisotopic (exact) mass is 324 g/mol. The molecule has 23 heavy (non-hydrogen) atoms. The van der Waals surface area contributed by atoms with Crippen LogP contribution in [0.5, 0.6) is 0 Å². The van der Waals surface area contributed by atoms with Crippen molar-refractivity contribution in [1.82, 2.24) is 5.32 Å². The number of alkyl halides is 3. The molecule has 3 rings (SSSR count). The zero-order chi connectivity index (χ0) is 16.4. The van der Waals surface area contributed by atoms with Gasteiger partial charge in [0.25, 0.3) is 0 Å². The summed E-state index contributed by atoms with van der Waals surface area (Å²) < 4.78 is 53.5. The number of hydrogen-bond acceptors (Lipinski definition) is 2. The fourth-order valence-electron chi connectivity index (χ4n) is 2.82. The molecule has 0 aliphatic carbocycles. The standard InChI is InChI=1S/C17H16F4N2/c18-13-9-12(10-14(11-13)23-7-5-22-6-8-23)15-3-1-2-4-16(15)17(19,20)21/h1-4,9-11,22H,5-8H2. The van der Waals surface area contributed by atoms with E-state index in [1.54, 1.807) is 6.07 Å². The Kier molecular flexibility index (Phi) is 4.26. The van der Waals surface area contributed by atoms with Gasteiger partial charge in [-0.25, -0.2) is 4.39 Å². The largest absolute Gasteiger partial charge is 0.417 e. The van der Waals surface area contributed by atoms with Crippen LogP contribution >= 0.6 is 0 Å². The van der Waals surface area contributed by atoms with Crippen LogP contribution in [-0.4, -0.2) is 26.2 Å². The predicted molar refractivity (Wildman–Crippen MR) is 81.9 cm³/mol. The Morgan fingerprint density at radius 2 is 1.65 bits per heavy atom. The topological polar surface area (TPSA) is 15.3 Å². The Labute approximate surface area is 131 Å². The molecule has 1 heterocycles. The van der Waals surface area contributed by atoms with Crippen molar-refractivity contribution in [2.75, 3.05) is 31.1 Å². The molecule has 1 N–H and O–H groups in total. The first-order valence-corrected chi connectivity index (χ1v) is 7.38. The average molecular weight is 324 g/mol. The molecule has 1 fully saturated rings. The van der Waals surface area contributed by atoms with Crippen molar-refractivity contribution in [2.45, 2.75) is 6.18 Å². The van der Waals surface area contributed by atoms with Crippen molar-refractivity contribution in [3.63, 3.8) is 0 Å². The van der Waals surface area contributed by atoms with Crippen LogP contribution in [0, 0.1) is 5.82 Å². The van der Waals surface area contributed by atoms with Gasteiger partial charge in [-0.15, -0.1) is 0 Å². The van der Waals surface area contributed by atoms with Gasteiger partial charge in [0.2, 0.25) is 0 Å². The zero-order valence-corrected chi connectivity index (χ0v) is 12.3. The molecular weight excluding hydrogens is 308 g/mol. The molecule has 122 valence electrons. The van der Waals surface area contributed by atoms with Gasteiger partial charge in [0, 0.05) is 31.9 Å². The summed E-state index contributed by atoms with van der Waals surface area (Å²) in [4.78, 5) is 1.97. The van der Waals surface area contributed by atoms with Crippen molar-refractivity contribution < 1.29 is 17.6 Å². The van der Waals surface area contributed by atoms with Gasteiger partial charge >= 0.3 is 6.18 Å². The Balaban J connectivity index is 2.05. The SMILES string of the molecule is Fc1cc(-c2ccccc2C(F)(F)F)cc(N2CCNCC2)c1. The molecule has 2 nitrogen and oxygen atoms in total. The lowest BCUT2D eigenvalue weighted by molar-refractivity contribution is -0.137. The lowest BCUT2D eigenvalue weighted by Gasteiger charge is -2.30. The van der Waals surface area contributed by atoms with Gasteiger partial charge in [-0.05, 0) is 35.4 Å². The van der Waals surface area contributed by atoms with Crippen LogP contribution in [0.1, 0.15) is 5.56 Å². The van der Waals surface area contributed by atoms with Crippen molar-refractivity contribution in [3.8, 4) is 11.1 Å². The van der Waals surface area contributed by atoms with Gasteiger partial charge in [0.1, 0.15) is 5.82 Å². The smallest absolute Gasteiger partial charge is 0.369 e. The third-order valence-electron chi connectivity index (χ3n) is 3.91. The highest BCUT2D eigenvalue weighted by atomic mass is 19.4. The minimum Gasteiger partial charge on any atom is -0.369 e. The van der Waals surface area contributed by atoms with E-state index in [1.807, 2.05) is 4.90 Å². The van der Waals surface area contributed by atoms with Crippen LogP contribution in [0.4, 0.5) is 23.2 Å². The predicted octanol–water partition coefficient (Wildman–Crippen LogP) is 3.92. The summed E-state index contributed by atoms with van der Waals surface area (Å²) in [6.45, 7) is 2.93. The maximum absolute atomic E-state index is 14.0. The molecule has 6 heteroatoms. The summed E-state index contributed by atoms with van der Waals surface area (Å²) in [5, 5.41) is 3.19. The molecule has 2 aromatic carbocycles. The van der Waals surface area contributed by atoms with E-state index in [2.05, 4.69) is 5.32 Å². The second-order valence-electron chi connectivity index (χ2n) is 5.48. The van der Waals surface area contributed by atoms with E-state index in [9.17, 15) is 17.6 Å². The number of nitrogens with zero attached hydrogens (tertiary/aromatic N) is 1. The third kappa shape index (κ3) is 3.47. The molecule has 2 aromatic rings. The Morgan fingerprint density at radius 1 is 0.957 bits per heavy atom. The minimum atomic E-state index is -4.47. The minimum absolute atomic E-state index is 0.00381. The maximum Gasteiger partial charge on any atom is 0.417 e. The van der Waals surface area contributed by atoms with Gasteiger partial charge in [0.05, 0.1) is 5.56 Å². The van der Waals surface area contributed by atoms with Crippen LogP contribution in [0.25, 0.3) is 11.1 Å². The number of rotatable bonds is 2.